The quantitative estimate of drug-likeness (QED) is 0.382. The van der Waals surface area contributed by atoms with Crippen LogP contribution in [0.1, 0.15) is 30.9 Å². The number of carbonyl (C=O) groups excluding carboxylic acids is 1. The van der Waals surface area contributed by atoms with Gasteiger partial charge in [-0.3, -0.25) is 20.0 Å². The van der Waals surface area contributed by atoms with Gasteiger partial charge < -0.3 is 10.6 Å². The van der Waals surface area contributed by atoms with Crippen LogP contribution in [0.2, 0.25) is 5.02 Å². The minimum absolute atomic E-state index is 0. The van der Waals surface area contributed by atoms with E-state index >= 15 is 0 Å². The molecule has 33 heavy (non-hydrogen) atoms. The molecule has 2 aromatic rings. The van der Waals surface area contributed by atoms with Crippen LogP contribution in [0.3, 0.4) is 0 Å². The summed E-state index contributed by atoms with van der Waals surface area (Å²) < 4.78 is 25.5. The third kappa shape index (κ3) is 9.32. The van der Waals surface area contributed by atoms with Crippen LogP contribution in [0.25, 0.3) is 0 Å². The van der Waals surface area contributed by atoms with E-state index in [0.29, 0.717) is 18.8 Å². The SMILES string of the molecule is CC1CC1S/C=C/CNC(=O)c1ncc(NCC2[CH-]C2(C)F)cn1.Fc1ccc[c-]c1Cl.[Ir]. The number of anilines is 1. The van der Waals surface area contributed by atoms with Crippen LogP contribution >= 0.6 is 23.4 Å². The number of carbonyl (C=O) groups is 1. The van der Waals surface area contributed by atoms with Crippen molar-refractivity contribution in [3.8, 4) is 0 Å². The van der Waals surface area contributed by atoms with E-state index in [1.165, 1.54) is 12.5 Å². The molecule has 1 heterocycles. The van der Waals surface area contributed by atoms with Gasteiger partial charge in [0.1, 0.15) is 0 Å². The number of benzene rings is 1. The van der Waals surface area contributed by atoms with Gasteiger partial charge in [-0.25, -0.2) is 9.97 Å². The molecule has 1 radical (unpaired) electrons. The standard InChI is InChI=1S/C17H22FN4OS.C6H3ClF.Ir/c1-11-6-14(11)24-5-3-4-19-16(23)15-21-9-13(10-22-15)20-8-12-7-17(12,2)18;7-5-3-1-2-4-6(5)8;/h3,5,7,9-12,14,20H,4,6,8H2,1-2H3,(H,19,23);1-2,4H;/q2*-1;/b5-3+;;. The van der Waals surface area contributed by atoms with Crippen molar-refractivity contribution in [2.45, 2.75) is 31.2 Å². The van der Waals surface area contributed by atoms with Gasteiger partial charge in [0.05, 0.1) is 18.1 Å². The van der Waals surface area contributed by atoms with Crippen molar-refractivity contribution in [3.05, 3.63) is 71.2 Å². The number of hydrogen-bond acceptors (Lipinski definition) is 5. The molecule has 1 amide bonds. The Labute approximate surface area is 215 Å². The molecule has 10 heteroatoms. The Balaban J connectivity index is 0.000000364. The molecule has 5 nitrogen and oxygen atoms in total. The first-order valence-corrected chi connectivity index (χ1v) is 11.6. The van der Waals surface area contributed by atoms with E-state index in [0.717, 1.165) is 11.2 Å². The van der Waals surface area contributed by atoms with Crippen molar-refractivity contribution in [3.63, 3.8) is 0 Å². The molecular weight excluding hydrogens is 646 g/mol. The minimum atomic E-state index is -1.17. The van der Waals surface area contributed by atoms with Gasteiger partial charge in [0.25, 0.3) is 5.91 Å². The van der Waals surface area contributed by atoms with Crippen LogP contribution in [0.15, 0.2) is 42.1 Å². The Morgan fingerprint density at radius 2 is 2.12 bits per heavy atom. The van der Waals surface area contributed by atoms with Gasteiger partial charge in [-0.2, -0.15) is 18.2 Å². The first kappa shape index (κ1) is 27.7. The smallest absolute Gasteiger partial charge is 0.289 e. The number of hydrogen-bond donors (Lipinski definition) is 2. The van der Waals surface area contributed by atoms with Crippen LogP contribution in [-0.2, 0) is 20.1 Å². The molecule has 2 saturated carbocycles. The first-order chi connectivity index (χ1) is 15.3. The first-order valence-electron chi connectivity index (χ1n) is 10.3. The average molecular weight is 671 g/mol. The monoisotopic (exact) mass is 671 g/mol. The van der Waals surface area contributed by atoms with Gasteiger partial charge in [0.2, 0.25) is 5.82 Å². The van der Waals surface area contributed by atoms with Crippen LogP contribution in [-0.4, -0.2) is 39.9 Å². The van der Waals surface area contributed by atoms with Crippen LogP contribution in [0.4, 0.5) is 14.5 Å². The average Bonchev–Trinajstić information content (AvgIpc) is 3.64. The second-order valence-electron chi connectivity index (χ2n) is 7.90. The van der Waals surface area contributed by atoms with Crippen LogP contribution < -0.4 is 10.6 Å². The maximum Gasteiger partial charge on any atom is 0.289 e. The minimum Gasteiger partial charge on any atom is -0.385 e. The third-order valence-corrected chi connectivity index (χ3v) is 6.69. The molecule has 2 aliphatic carbocycles. The number of halogens is 3. The van der Waals surface area contributed by atoms with Gasteiger partial charge in [0.15, 0.2) is 0 Å². The summed E-state index contributed by atoms with van der Waals surface area (Å²) in [5.41, 5.74) is -0.491. The van der Waals surface area contributed by atoms with Gasteiger partial charge in [-0.15, -0.1) is 35.3 Å². The molecule has 0 aliphatic heterocycles. The van der Waals surface area contributed by atoms with Gasteiger partial charge in [0, 0.05) is 37.7 Å². The fourth-order valence-electron chi connectivity index (χ4n) is 2.68. The van der Waals surface area contributed by atoms with Gasteiger partial charge >= 0.3 is 0 Å². The Morgan fingerprint density at radius 1 is 1.45 bits per heavy atom. The summed E-state index contributed by atoms with van der Waals surface area (Å²) in [5.74, 6) is 0.137. The summed E-state index contributed by atoms with van der Waals surface area (Å²) in [7, 11) is 0. The third-order valence-electron chi connectivity index (χ3n) is 5.05. The number of rotatable bonds is 8. The predicted octanol–water partition coefficient (Wildman–Crippen LogP) is 5.11. The number of nitrogens with one attached hydrogen (secondary N) is 2. The molecule has 181 valence electrons. The summed E-state index contributed by atoms with van der Waals surface area (Å²) in [6.45, 7) is 4.76. The van der Waals surface area contributed by atoms with Crippen molar-refractivity contribution in [2.24, 2.45) is 11.8 Å². The fraction of sp³-hybridized carbons (Fsp3) is 0.391. The Hall–Kier alpha value is -1.54. The van der Waals surface area contributed by atoms with Crippen molar-refractivity contribution >= 4 is 35.0 Å². The van der Waals surface area contributed by atoms with E-state index in [4.69, 9.17) is 11.6 Å². The van der Waals surface area contributed by atoms with Crippen molar-refractivity contribution in [1.82, 2.24) is 15.3 Å². The molecule has 2 aliphatic rings. The largest absolute Gasteiger partial charge is 0.385 e. The number of alkyl halides is 1. The summed E-state index contributed by atoms with van der Waals surface area (Å²) in [5, 5.41) is 8.65. The Bertz CT molecular complexity index is 927. The second kappa shape index (κ2) is 12.8. The number of aromatic nitrogens is 2. The second-order valence-corrected chi connectivity index (χ2v) is 9.43. The number of thioether (sulfide) groups is 1. The van der Waals surface area contributed by atoms with E-state index in [1.54, 1.807) is 37.9 Å². The molecule has 0 spiro atoms. The topological polar surface area (TPSA) is 66.9 Å². The summed E-state index contributed by atoms with van der Waals surface area (Å²) >= 11 is 7.09. The zero-order valence-electron chi connectivity index (χ0n) is 18.2. The van der Waals surface area contributed by atoms with E-state index in [-0.39, 0.29) is 42.8 Å². The zero-order chi connectivity index (χ0) is 23.1. The number of amides is 1. The predicted molar refractivity (Wildman–Crippen MR) is 125 cm³/mol. The van der Waals surface area contributed by atoms with Crippen molar-refractivity contribution in [2.75, 3.05) is 18.4 Å². The molecule has 1 aromatic carbocycles. The van der Waals surface area contributed by atoms with E-state index in [1.807, 2.05) is 23.2 Å². The molecule has 2 N–H and O–H groups in total. The Kier molecular flexibility index (Phi) is 10.7. The maximum absolute atomic E-state index is 13.4. The number of nitrogens with zero attached hydrogens (tertiary/aromatic N) is 2. The van der Waals surface area contributed by atoms with E-state index in [2.05, 4.69) is 33.6 Å². The van der Waals surface area contributed by atoms with Gasteiger partial charge in [-0.05, 0) is 35.0 Å². The van der Waals surface area contributed by atoms with Crippen LogP contribution in [0, 0.1) is 30.1 Å². The van der Waals surface area contributed by atoms with Crippen molar-refractivity contribution < 1.29 is 33.7 Å². The molecule has 1 aromatic heterocycles. The van der Waals surface area contributed by atoms with Crippen molar-refractivity contribution in [1.29, 1.82) is 0 Å². The van der Waals surface area contributed by atoms with Crippen LogP contribution in [0.5, 0.6) is 0 Å². The Morgan fingerprint density at radius 3 is 2.64 bits per heavy atom. The maximum atomic E-state index is 13.4. The molecule has 0 bridgehead atoms. The molecule has 2 fully saturated rings. The molecule has 0 saturated heterocycles. The van der Waals surface area contributed by atoms with E-state index < -0.39 is 11.5 Å². The fourth-order valence-corrected chi connectivity index (χ4v) is 3.90. The van der Waals surface area contributed by atoms with E-state index in [9.17, 15) is 13.6 Å². The normalized spacial score (nSPS) is 24.8. The van der Waals surface area contributed by atoms with Gasteiger partial charge in [-0.1, -0.05) is 19.9 Å². The molecule has 4 rings (SSSR count). The molecule has 4 atom stereocenters. The molecular formula is C23H25ClF2IrN4OS-2. The zero-order valence-corrected chi connectivity index (χ0v) is 22.1. The summed E-state index contributed by atoms with van der Waals surface area (Å²) in [6, 6.07) is 6.88. The summed E-state index contributed by atoms with van der Waals surface area (Å²) in [4.78, 5) is 20.0. The summed E-state index contributed by atoms with van der Waals surface area (Å²) in [6.07, 6.45) is 7.95. The molecule has 4 unspecified atom stereocenters.